The predicted molar refractivity (Wildman–Crippen MR) is 84.1 cm³/mol. The molecule has 18 heavy (non-hydrogen) atoms. The molecule has 0 fully saturated rings. The van der Waals surface area contributed by atoms with Crippen molar-refractivity contribution < 1.29 is 0 Å². The molecular weight excluding hydrogens is 304 g/mol. The number of halogens is 1. The zero-order valence-corrected chi connectivity index (χ0v) is 14.0. The zero-order chi connectivity index (χ0) is 13.1. The molecule has 0 saturated heterocycles. The van der Waals surface area contributed by atoms with Crippen molar-refractivity contribution in [3.8, 4) is 0 Å². The molecule has 0 radical (unpaired) electrons. The van der Waals surface area contributed by atoms with Gasteiger partial charge in [-0.25, -0.2) is 0 Å². The van der Waals surface area contributed by atoms with Gasteiger partial charge in [0.25, 0.3) is 0 Å². The third-order valence-corrected chi connectivity index (χ3v) is 7.12. The van der Waals surface area contributed by atoms with Gasteiger partial charge in [-0.3, -0.25) is 0 Å². The molecule has 0 bridgehead atoms. The van der Waals surface area contributed by atoms with Crippen molar-refractivity contribution in [2.45, 2.75) is 61.1 Å². The molecule has 0 saturated carbocycles. The predicted octanol–water partition coefficient (Wildman–Crippen LogP) is 5.58. The van der Waals surface area contributed by atoms with Crippen LogP contribution >= 0.6 is 27.7 Å². The Hall–Kier alpha value is 0.0500. The van der Waals surface area contributed by atoms with Gasteiger partial charge < -0.3 is 0 Å². The Morgan fingerprint density at radius 1 is 1.06 bits per heavy atom. The fraction of sp³-hybridized carbons (Fsp3) is 0.625. The van der Waals surface area contributed by atoms with Gasteiger partial charge in [-0.2, -0.15) is 0 Å². The van der Waals surface area contributed by atoms with E-state index in [2.05, 4.69) is 55.8 Å². The summed E-state index contributed by atoms with van der Waals surface area (Å²) in [6.45, 7) is 9.61. The molecule has 0 aromatic heterocycles. The lowest BCUT2D eigenvalue weighted by Crippen LogP contribution is -2.34. The Morgan fingerprint density at radius 2 is 1.61 bits per heavy atom. The molecule has 1 aromatic rings. The van der Waals surface area contributed by atoms with Crippen LogP contribution in [0.15, 0.2) is 17.0 Å². The van der Waals surface area contributed by atoms with Gasteiger partial charge in [0.15, 0.2) is 0 Å². The molecule has 1 atom stereocenters. The van der Waals surface area contributed by atoms with Gasteiger partial charge in [-0.1, -0.05) is 49.7 Å². The number of fused-ring (bicyclic) bond motifs is 2. The van der Waals surface area contributed by atoms with Gasteiger partial charge >= 0.3 is 0 Å². The van der Waals surface area contributed by atoms with Crippen LogP contribution in [0.4, 0.5) is 0 Å². The van der Waals surface area contributed by atoms with E-state index in [4.69, 9.17) is 0 Å². The number of thioether (sulfide) groups is 1. The SMILES string of the molecule is CC1(C)CCC(C)(C)c2cc3c(cc21)SCC3Br. The van der Waals surface area contributed by atoms with Crippen LogP contribution in [-0.4, -0.2) is 5.75 Å². The highest BCUT2D eigenvalue weighted by atomic mass is 79.9. The van der Waals surface area contributed by atoms with E-state index in [1.807, 2.05) is 11.8 Å². The lowest BCUT2D eigenvalue weighted by atomic mass is 9.63. The van der Waals surface area contributed by atoms with E-state index in [0.29, 0.717) is 15.7 Å². The fourth-order valence-electron chi connectivity index (χ4n) is 3.23. The molecule has 2 aliphatic rings. The van der Waals surface area contributed by atoms with Crippen molar-refractivity contribution in [2.24, 2.45) is 0 Å². The summed E-state index contributed by atoms with van der Waals surface area (Å²) in [6.07, 6.45) is 2.60. The molecule has 0 N–H and O–H groups in total. The average molecular weight is 325 g/mol. The normalized spacial score (nSPS) is 27.7. The Kier molecular flexibility index (Phi) is 2.92. The average Bonchev–Trinajstić information content (AvgIpc) is 2.66. The highest BCUT2D eigenvalue weighted by Crippen LogP contribution is 2.51. The van der Waals surface area contributed by atoms with Crippen LogP contribution in [0.5, 0.6) is 0 Å². The molecule has 1 aromatic carbocycles. The summed E-state index contributed by atoms with van der Waals surface area (Å²) in [5, 5.41) is 0. The lowest BCUT2D eigenvalue weighted by Gasteiger charge is -2.42. The molecule has 98 valence electrons. The zero-order valence-electron chi connectivity index (χ0n) is 11.6. The molecular formula is C16H21BrS. The summed E-state index contributed by atoms with van der Waals surface area (Å²) in [6, 6.07) is 4.97. The third-order valence-electron chi connectivity index (χ3n) is 4.71. The van der Waals surface area contributed by atoms with E-state index < -0.39 is 0 Å². The summed E-state index contributed by atoms with van der Waals surface area (Å²) >= 11 is 5.81. The first-order chi connectivity index (χ1) is 8.31. The molecule has 0 nitrogen and oxygen atoms in total. The molecule has 1 unspecified atom stereocenters. The summed E-state index contributed by atoms with van der Waals surface area (Å²) < 4.78 is 0. The smallest absolute Gasteiger partial charge is 0.0500 e. The van der Waals surface area contributed by atoms with Crippen LogP contribution < -0.4 is 0 Å². The number of benzene rings is 1. The first kappa shape index (κ1) is 13.1. The Balaban J connectivity index is 2.24. The Morgan fingerprint density at radius 3 is 2.22 bits per heavy atom. The quantitative estimate of drug-likeness (QED) is 0.561. The van der Waals surface area contributed by atoms with E-state index >= 15 is 0 Å². The molecule has 0 amide bonds. The van der Waals surface area contributed by atoms with Crippen LogP contribution in [0, 0.1) is 0 Å². The minimum Gasteiger partial charge on any atom is -0.124 e. The summed E-state index contributed by atoms with van der Waals surface area (Å²) in [5.41, 5.74) is 5.37. The van der Waals surface area contributed by atoms with E-state index in [9.17, 15) is 0 Å². The maximum atomic E-state index is 3.81. The van der Waals surface area contributed by atoms with Crippen LogP contribution in [0.2, 0.25) is 0 Å². The van der Waals surface area contributed by atoms with E-state index in [-0.39, 0.29) is 0 Å². The van der Waals surface area contributed by atoms with Crippen LogP contribution in [0.3, 0.4) is 0 Å². The van der Waals surface area contributed by atoms with Crippen LogP contribution in [-0.2, 0) is 10.8 Å². The summed E-state index contributed by atoms with van der Waals surface area (Å²) in [5.74, 6) is 1.18. The van der Waals surface area contributed by atoms with Crippen LogP contribution in [0.1, 0.15) is 62.1 Å². The minimum absolute atomic E-state index is 0.333. The van der Waals surface area contributed by atoms with Crippen molar-refractivity contribution in [1.29, 1.82) is 0 Å². The van der Waals surface area contributed by atoms with Gasteiger partial charge in [-0.05, 0) is 46.4 Å². The molecule has 0 spiro atoms. The van der Waals surface area contributed by atoms with Gasteiger partial charge in [-0.15, -0.1) is 11.8 Å². The first-order valence-corrected chi connectivity index (χ1v) is 8.67. The maximum absolute atomic E-state index is 3.81. The fourth-order valence-corrected chi connectivity index (χ4v) is 5.23. The maximum Gasteiger partial charge on any atom is 0.0500 e. The van der Waals surface area contributed by atoms with E-state index in [1.165, 1.54) is 29.1 Å². The largest absolute Gasteiger partial charge is 0.124 e. The molecule has 1 aliphatic heterocycles. The lowest BCUT2D eigenvalue weighted by molar-refractivity contribution is 0.331. The Labute approximate surface area is 123 Å². The highest BCUT2D eigenvalue weighted by molar-refractivity contribution is 9.09. The summed E-state index contributed by atoms with van der Waals surface area (Å²) in [4.78, 5) is 2.05. The van der Waals surface area contributed by atoms with Crippen molar-refractivity contribution >= 4 is 27.7 Å². The molecule has 2 heteroatoms. The second-order valence-corrected chi connectivity index (χ2v) is 9.15. The van der Waals surface area contributed by atoms with Gasteiger partial charge in [0, 0.05) is 15.5 Å². The number of hydrogen-bond donors (Lipinski definition) is 0. The second-order valence-electron chi connectivity index (χ2n) is 6.98. The van der Waals surface area contributed by atoms with Crippen molar-refractivity contribution in [3.63, 3.8) is 0 Å². The van der Waals surface area contributed by atoms with Gasteiger partial charge in [0.1, 0.15) is 0 Å². The monoisotopic (exact) mass is 324 g/mol. The van der Waals surface area contributed by atoms with Crippen molar-refractivity contribution in [2.75, 3.05) is 5.75 Å². The number of rotatable bonds is 0. The third kappa shape index (κ3) is 1.87. The molecule has 1 heterocycles. The molecule has 1 aliphatic carbocycles. The number of alkyl halides is 1. The van der Waals surface area contributed by atoms with Crippen molar-refractivity contribution in [1.82, 2.24) is 0 Å². The van der Waals surface area contributed by atoms with E-state index in [0.717, 1.165) is 0 Å². The summed E-state index contributed by atoms with van der Waals surface area (Å²) in [7, 11) is 0. The van der Waals surface area contributed by atoms with Gasteiger partial charge in [0.05, 0.1) is 0 Å². The van der Waals surface area contributed by atoms with Crippen LogP contribution in [0.25, 0.3) is 0 Å². The topological polar surface area (TPSA) is 0 Å². The van der Waals surface area contributed by atoms with E-state index in [1.54, 1.807) is 11.1 Å². The Bertz CT molecular complexity index is 502. The van der Waals surface area contributed by atoms with Gasteiger partial charge in [0.2, 0.25) is 0 Å². The standard InChI is InChI=1S/C16H21BrS/c1-15(2)5-6-16(3,4)12-8-14-10(7-11(12)15)13(17)9-18-14/h7-8,13H,5-6,9H2,1-4H3. The molecule has 3 rings (SSSR count). The highest BCUT2D eigenvalue weighted by Gasteiger charge is 2.38. The second kappa shape index (κ2) is 4.02. The number of hydrogen-bond acceptors (Lipinski definition) is 1. The van der Waals surface area contributed by atoms with Crippen molar-refractivity contribution in [3.05, 3.63) is 28.8 Å². The minimum atomic E-state index is 0.333. The first-order valence-electron chi connectivity index (χ1n) is 6.77.